The Morgan fingerprint density at radius 3 is 2.25 bits per heavy atom. The Labute approximate surface area is 165 Å². The Bertz CT molecular complexity index is 728. The molecule has 2 fully saturated rings. The second-order valence-electron chi connectivity index (χ2n) is 8.57. The van der Waals surface area contributed by atoms with Crippen molar-refractivity contribution in [3.63, 3.8) is 0 Å². The second kappa shape index (κ2) is 8.32. The number of nitrogens with zero attached hydrogens (tertiary/aromatic N) is 2. The number of hydrogen-bond acceptors (Lipinski definition) is 4. The van der Waals surface area contributed by atoms with Gasteiger partial charge in [0.1, 0.15) is 0 Å². The van der Waals surface area contributed by atoms with Crippen molar-refractivity contribution < 1.29 is 19.5 Å². The third kappa shape index (κ3) is 4.54. The zero-order valence-electron chi connectivity index (χ0n) is 16.6. The van der Waals surface area contributed by atoms with Gasteiger partial charge in [-0.2, -0.15) is 5.10 Å². The third-order valence-electron chi connectivity index (χ3n) is 6.12. The molecule has 154 valence electrons. The highest BCUT2D eigenvalue weighted by molar-refractivity contribution is 5.92. The fourth-order valence-electron chi connectivity index (χ4n) is 4.04. The molecule has 0 atom stereocenters. The maximum atomic E-state index is 12.5. The standard InChI is InChI=1S/C20H30N4O4/c1-20(2,19(27)28)24-12-16(11-21-24)23-18(26)14-7-9-15(10-8-14)22-17(25)13-5-3-4-6-13/h11-15H,3-10H2,1-2H3,(H,22,25)(H,23,26)(H,27,28). The van der Waals surface area contributed by atoms with E-state index in [1.165, 1.54) is 10.9 Å². The van der Waals surface area contributed by atoms with Crippen LogP contribution < -0.4 is 10.6 Å². The normalized spacial score (nSPS) is 23.4. The lowest BCUT2D eigenvalue weighted by molar-refractivity contribution is -0.146. The number of anilines is 1. The van der Waals surface area contributed by atoms with Gasteiger partial charge in [-0.1, -0.05) is 12.8 Å². The number of hydrogen-bond donors (Lipinski definition) is 3. The molecule has 8 nitrogen and oxygen atoms in total. The van der Waals surface area contributed by atoms with Gasteiger partial charge in [0, 0.05) is 24.1 Å². The lowest BCUT2D eigenvalue weighted by Gasteiger charge is -2.29. The van der Waals surface area contributed by atoms with Crippen molar-refractivity contribution in [2.75, 3.05) is 5.32 Å². The first-order chi connectivity index (χ1) is 13.3. The molecule has 1 aromatic heterocycles. The molecule has 2 aliphatic carbocycles. The van der Waals surface area contributed by atoms with Gasteiger partial charge in [0.25, 0.3) is 0 Å². The minimum absolute atomic E-state index is 0.0757. The van der Waals surface area contributed by atoms with E-state index in [9.17, 15) is 19.5 Å². The van der Waals surface area contributed by atoms with Crippen molar-refractivity contribution in [3.05, 3.63) is 12.4 Å². The van der Waals surface area contributed by atoms with Crippen LogP contribution in [0, 0.1) is 11.8 Å². The topological polar surface area (TPSA) is 113 Å². The Hall–Kier alpha value is -2.38. The van der Waals surface area contributed by atoms with Crippen LogP contribution in [0.4, 0.5) is 5.69 Å². The second-order valence-corrected chi connectivity index (χ2v) is 8.57. The summed E-state index contributed by atoms with van der Waals surface area (Å²) in [4.78, 5) is 36.1. The van der Waals surface area contributed by atoms with Crippen molar-refractivity contribution in [2.24, 2.45) is 11.8 Å². The van der Waals surface area contributed by atoms with Crippen molar-refractivity contribution >= 4 is 23.5 Å². The number of carboxylic acids is 1. The number of carbonyl (C=O) groups is 3. The third-order valence-corrected chi connectivity index (χ3v) is 6.12. The van der Waals surface area contributed by atoms with Crippen LogP contribution in [0.25, 0.3) is 0 Å². The molecule has 2 aliphatic rings. The summed E-state index contributed by atoms with van der Waals surface area (Å²) in [6.07, 6.45) is 10.4. The maximum absolute atomic E-state index is 12.5. The summed E-state index contributed by atoms with van der Waals surface area (Å²) in [6.45, 7) is 3.10. The van der Waals surface area contributed by atoms with E-state index in [2.05, 4.69) is 15.7 Å². The SMILES string of the molecule is CC(C)(C(=O)O)n1cc(NC(=O)C2CCC(NC(=O)C3CCCC3)CC2)cn1. The molecule has 1 aromatic rings. The van der Waals surface area contributed by atoms with Crippen LogP contribution in [-0.4, -0.2) is 38.7 Å². The molecule has 1 heterocycles. The lowest BCUT2D eigenvalue weighted by atomic mass is 9.85. The monoisotopic (exact) mass is 390 g/mol. The van der Waals surface area contributed by atoms with Gasteiger partial charge in [-0.25, -0.2) is 4.79 Å². The van der Waals surface area contributed by atoms with E-state index in [0.717, 1.165) is 51.4 Å². The largest absolute Gasteiger partial charge is 0.479 e. The fraction of sp³-hybridized carbons (Fsp3) is 0.700. The van der Waals surface area contributed by atoms with Crippen molar-refractivity contribution in [3.8, 4) is 0 Å². The van der Waals surface area contributed by atoms with E-state index >= 15 is 0 Å². The van der Waals surface area contributed by atoms with Gasteiger partial charge in [0.15, 0.2) is 5.54 Å². The highest BCUT2D eigenvalue weighted by Gasteiger charge is 2.32. The van der Waals surface area contributed by atoms with E-state index in [1.807, 2.05) is 0 Å². The van der Waals surface area contributed by atoms with Crippen LogP contribution in [0.1, 0.15) is 65.2 Å². The number of rotatable bonds is 6. The van der Waals surface area contributed by atoms with Crippen LogP contribution in [0.5, 0.6) is 0 Å². The summed E-state index contributed by atoms with van der Waals surface area (Å²) >= 11 is 0. The maximum Gasteiger partial charge on any atom is 0.331 e. The highest BCUT2D eigenvalue weighted by Crippen LogP contribution is 2.28. The van der Waals surface area contributed by atoms with Crippen molar-refractivity contribution in [1.29, 1.82) is 0 Å². The molecule has 0 aliphatic heterocycles. The number of aromatic nitrogens is 2. The minimum atomic E-state index is -1.18. The van der Waals surface area contributed by atoms with Crippen LogP contribution in [0.2, 0.25) is 0 Å². The van der Waals surface area contributed by atoms with E-state index in [4.69, 9.17) is 0 Å². The summed E-state index contributed by atoms with van der Waals surface area (Å²) in [5.41, 5.74) is -0.686. The predicted molar refractivity (Wildman–Crippen MR) is 104 cm³/mol. The molecule has 2 amide bonds. The summed E-state index contributed by atoms with van der Waals surface area (Å²) in [5, 5.41) is 19.3. The molecule has 0 spiro atoms. The van der Waals surface area contributed by atoms with Gasteiger partial charge in [0.05, 0.1) is 11.9 Å². The van der Waals surface area contributed by atoms with E-state index < -0.39 is 11.5 Å². The predicted octanol–water partition coefficient (Wildman–Crippen LogP) is 2.51. The van der Waals surface area contributed by atoms with Crippen LogP contribution in [0.3, 0.4) is 0 Å². The van der Waals surface area contributed by atoms with Gasteiger partial charge in [-0.3, -0.25) is 14.3 Å². The molecular weight excluding hydrogens is 360 g/mol. The molecule has 2 saturated carbocycles. The summed E-state index contributed by atoms with van der Waals surface area (Å²) in [7, 11) is 0. The minimum Gasteiger partial charge on any atom is -0.479 e. The number of amides is 2. The number of aliphatic carboxylic acids is 1. The smallest absolute Gasteiger partial charge is 0.331 e. The summed E-state index contributed by atoms with van der Waals surface area (Å²) in [5.74, 6) is -0.818. The van der Waals surface area contributed by atoms with Gasteiger partial charge in [-0.15, -0.1) is 0 Å². The quantitative estimate of drug-likeness (QED) is 0.691. The first kappa shape index (κ1) is 20.4. The Balaban J connectivity index is 1.47. The number of carboxylic acid groups (broad SMARTS) is 1. The van der Waals surface area contributed by atoms with Gasteiger partial charge in [0.2, 0.25) is 11.8 Å². The number of carbonyl (C=O) groups excluding carboxylic acids is 2. The Morgan fingerprint density at radius 1 is 1.04 bits per heavy atom. The molecule has 0 unspecified atom stereocenters. The summed E-state index contributed by atoms with van der Waals surface area (Å²) < 4.78 is 1.33. The fourth-order valence-corrected chi connectivity index (χ4v) is 4.04. The molecule has 0 saturated heterocycles. The average Bonchev–Trinajstić information content (AvgIpc) is 3.34. The molecule has 3 rings (SSSR count). The van der Waals surface area contributed by atoms with Crippen molar-refractivity contribution in [1.82, 2.24) is 15.1 Å². The van der Waals surface area contributed by atoms with Crippen molar-refractivity contribution in [2.45, 2.75) is 76.8 Å². The zero-order chi connectivity index (χ0) is 20.3. The lowest BCUT2D eigenvalue weighted by Crippen LogP contribution is -2.41. The molecule has 0 radical (unpaired) electrons. The molecule has 3 N–H and O–H groups in total. The van der Waals surface area contributed by atoms with Crippen LogP contribution in [-0.2, 0) is 19.9 Å². The van der Waals surface area contributed by atoms with Gasteiger partial charge in [-0.05, 0) is 52.4 Å². The van der Waals surface area contributed by atoms with E-state index in [0.29, 0.717) is 5.69 Å². The molecular formula is C20H30N4O4. The van der Waals surface area contributed by atoms with Gasteiger partial charge >= 0.3 is 5.97 Å². The van der Waals surface area contributed by atoms with E-state index in [1.54, 1.807) is 20.0 Å². The first-order valence-corrected chi connectivity index (χ1v) is 10.2. The highest BCUT2D eigenvalue weighted by atomic mass is 16.4. The van der Waals surface area contributed by atoms with Gasteiger partial charge < -0.3 is 15.7 Å². The molecule has 0 bridgehead atoms. The molecule has 28 heavy (non-hydrogen) atoms. The average molecular weight is 390 g/mol. The Kier molecular flexibility index (Phi) is 6.05. The van der Waals surface area contributed by atoms with Crippen LogP contribution in [0.15, 0.2) is 12.4 Å². The first-order valence-electron chi connectivity index (χ1n) is 10.2. The number of nitrogens with one attached hydrogen (secondary N) is 2. The van der Waals surface area contributed by atoms with E-state index in [-0.39, 0.29) is 29.7 Å². The van der Waals surface area contributed by atoms with Crippen LogP contribution >= 0.6 is 0 Å². The zero-order valence-corrected chi connectivity index (χ0v) is 16.6. The molecule has 8 heteroatoms. The Morgan fingerprint density at radius 2 is 1.64 bits per heavy atom. The molecule has 0 aromatic carbocycles. The summed E-state index contributed by atoms with van der Waals surface area (Å²) in [6, 6.07) is 0.163.